The lowest BCUT2D eigenvalue weighted by molar-refractivity contribution is -0.186. The lowest BCUT2D eigenvalue weighted by Gasteiger charge is -2.27. The van der Waals surface area contributed by atoms with Crippen molar-refractivity contribution in [1.82, 2.24) is 0 Å². The molecule has 1 unspecified atom stereocenters. The molecule has 4 heteroatoms. The number of carbonyl (C=O) groups is 1. The van der Waals surface area contributed by atoms with Gasteiger partial charge in [0.2, 0.25) is 0 Å². The standard InChI is InChI=1S/C12H14O4/c13-11(9-5-2-1-3-6-9)16-10-7-4-8-15-12(10)14/h1-3,5-6,10,12,14H,4,7-8H2/t10?,12-/m0/s1. The van der Waals surface area contributed by atoms with Crippen molar-refractivity contribution in [2.45, 2.75) is 25.2 Å². The normalized spacial score (nSPS) is 25.1. The molecule has 1 saturated heterocycles. The molecule has 1 fully saturated rings. The zero-order valence-corrected chi connectivity index (χ0v) is 8.83. The lowest BCUT2D eigenvalue weighted by atomic mass is 10.1. The number of hydrogen-bond acceptors (Lipinski definition) is 4. The molecule has 0 aromatic heterocycles. The number of ether oxygens (including phenoxy) is 2. The quantitative estimate of drug-likeness (QED) is 0.767. The molecule has 4 nitrogen and oxygen atoms in total. The van der Waals surface area contributed by atoms with Crippen molar-refractivity contribution < 1.29 is 19.4 Å². The van der Waals surface area contributed by atoms with Gasteiger partial charge in [-0.05, 0) is 25.0 Å². The Morgan fingerprint density at radius 3 is 2.81 bits per heavy atom. The van der Waals surface area contributed by atoms with Gasteiger partial charge in [-0.15, -0.1) is 0 Å². The van der Waals surface area contributed by atoms with E-state index in [9.17, 15) is 9.90 Å². The summed E-state index contributed by atoms with van der Waals surface area (Å²) in [5.74, 6) is -0.421. The Bertz CT molecular complexity index is 349. The zero-order valence-electron chi connectivity index (χ0n) is 8.83. The van der Waals surface area contributed by atoms with Crippen molar-refractivity contribution in [2.24, 2.45) is 0 Å². The fraction of sp³-hybridized carbons (Fsp3) is 0.417. The first kappa shape index (κ1) is 11.1. The first-order valence-corrected chi connectivity index (χ1v) is 5.33. The monoisotopic (exact) mass is 222 g/mol. The Hall–Kier alpha value is -1.39. The largest absolute Gasteiger partial charge is 0.453 e. The topological polar surface area (TPSA) is 55.8 Å². The molecule has 1 N–H and O–H groups in total. The van der Waals surface area contributed by atoms with Crippen molar-refractivity contribution in [1.29, 1.82) is 0 Å². The third kappa shape index (κ3) is 2.59. The van der Waals surface area contributed by atoms with Gasteiger partial charge in [-0.1, -0.05) is 18.2 Å². The lowest BCUT2D eigenvalue weighted by Crippen LogP contribution is -2.37. The van der Waals surface area contributed by atoms with Crippen molar-refractivity contribution in [2.75, 3.05) is 6.61 Å². The Labute approximate surface area is 93.8 Å². The summed E-state index contributed by atoms with van der Waals surface area (Å²) < 4.78 is 10.2. The number of esters is 1. The second kappa shape index (κ2) is 5.09. The van der Waals surface area contributed by atoms with Gasteiger partial charge in [0.05, 0.1) is 12.2 Å². The summed E-state index contributed by atoms with van der Waals surface area (Å²) in [6, 6.07) is 8.72. The van der Waals surface area contributed by atoms with Gasteiger partial charge in [0, 0.05) is 0 Å². The van der Waals surface area contributed by atoms with Crippen LogP contribution in [0.3, 0.4) is 0 Å². The number of carbonyl (C=O) groups excluding carboxylic acids is 1. The van der Waals surface area contributed by atoms with Crippen molar-refractivity contribution in [3.8, 4) is 0 Å². The van der Waals surface area contributed by atoms with Crippen LogP contribution in [-0.2, 0) is 9.47 Å². The second-order valence-corrected chi connectivity index (χ2v) is 3.71. The molecule has 0 saturated carbocycles. The van der Waals surface area contributed by atoms with E-state index in [1.165, 1.54) is 0 Å². The van der Waals surface area contributed by atoms with Crippen LogP contribution >= 0.6 is 0 Å². The fourth-order valence-electron chi connectivity index (χ4n) is 1.64. The molecule has 16 heavy (non-hydrogen) atoms. The molecule has 2 rings (SSSR count). The van der Waals surface area contributed by atoms with E-state index in [1.807, 2.05) is 6.07 Å². The third-order valence-electron chi connectivity index (χ3n) is 2.51. The summed E-state index contributed by atoms with van der Waals surface area (Å²) >= 11 is 0. The number of benzene rings is 1. The van der Waals surface area contributed by atoms with Gasteiger partial charge >= 0.3 is 5.97 Å². The van der Waals surface area contributed by atoms with E-state index in [1.54, 1.807) is 24.3 Å². The summed E-state index contributed by atoms with van der Waals surface area (Å²) in [4.78, 5) is 11.7. The Morgan fingerprint density at radius 2 is 2.12 bits per heavy atom. The molecule has 1 aliphatic rings. The van der Waals surface area contributed by atoms with Crippen LogP contribution in [0, 0.1) is 0 Å². The molecular weight excluding hydrogens is 208 g/mol. The van der Waals surface area contributed by atoms with E-state index in [2.05, 4.69) is 0 Å². The Balaban J connectivity index is 1.96. The van der Waals surface area contributed by atoms with Gasteiger partial charge in [-0.25, -0.2) is 4.79 Å². The van der Waals surface area contributed by atoms with Crippen LogP contribution in [0.1, 0.15) is 23.2 Å². The molecule has 86 valence electrons. The molecular formula is C12H14O4. The number of hydrogen-bond donors (Lipinski definition) is 1. The van der Waals surface area contributed by atoms with Crippen molar-refractivity contribution in [3.63, 3.8) is 0 Å². The predicted octanol–water partition coefficient (Wildman–Crippen LogP) is 1.34. The highest BCUT2D eigenvalue weighted by atomic mass is 16.6. The summed E-state index contributed by atoms with van der Waals surface area (Å²) in [5, 5.41) is 9.47. The van der Waals surface area contributed by atoms with Crippen LogP contribution in [0.4, 0.5) is 0 Å². The van der Waals surface area contributed by atoms with Crippen LogP contribution < -0.4 is 0 Å². The van der Waals surface area contributed by atoms with Gasteiger partial charge in [-0.3, -0.25) is 0 Å². The number of aliphatic hydroxyl groups is 1. The average Bonchev–Trinajstić information content (AvgIpc) is 2.33. The maximum absolute atomic E-state index is 11.7. The molecule has 0 amide bonds. The highest BCUT2D eigenvalue weighted by Crippen LogP contribution is 2.17. The SMILES string of the molecule is O=C(OC1CCCO[C@@H]1O)c1ccccc1. The average molecular weight is 222 g/mol. The van der Waals surface area contributed by atoms with E-state index < -0.39 is 18.4 Å². The predicted molar refractivity (Wildman–Crippen MR) is 56.8 cm³/mol. The van der Waals surface area contributed by atoms with E-state index in [0.29, 0.717) is 18.6 Å². The molecule has 1 heterocycles. The van der Waals surface area contributed by atoms with Gasteiger partial charge < -0.3 is 14.6 Å². The Morgan fingerprint density at radius 1 is 1.38 bits per heavy atom. The van der Waals surface area contributed by atoms with E-state index >= 15 is 0 Å². The molecule has 1 aromatic carbocycles. The summed E-state index contributed by atoms with van der Waals surface area (Å²) in [6.07, 6.45) is -0.119. The third-order valence-corrected chi connectivity index (χ3v) is 2.51. The summed E-state index contributed by atoms with van der Waals surface area (Å²) in [5.41, 5.74) is 0.486. The maximum Gasteiger partial charge on any atom is 0.338 e. The van der Waals surface area contributed by atoms with Crippen LogP contribution in [0.5, 0.6) is 0 Å². The van der Waals surface area contributed by atoms with E-state index in [0.717, 1.165) is 6.42 Å². The minimum Gasteiger partial charge on any atom is -0.453 e. The molecule has 0 bridgehead atoms. The van der Waals surface area contributed by atoms with Crippen LogP contribution in [0.2, 0.25) is 0 Å². The van der Waals surface area contributed by atoms with Crippen LogP contribution in [-0.4, -0.2) is 30.1 Å². The molecule has 0 aliphatic carbocycles. The van der Waals surface area contributed by atoms with Crippen LogP contribution in [0.15, 0.2) is 30.3 Å². The fourth-order valence-corrected chi connectivity index (χ4v) is 1.64. The first-order chi connectivity index (χ1) is 7.77. The minimum atomic E-state index is -0.999. The van der Waals surface area contributed by atoms with E-state index in [4.69, 9.17) is 9.47 Å². The second-order valence-electron chi connectivity index (χ2n) is 3.71. The minimum absolute atomic E-state index is 0.421. The smallest absolute Gasteiger partial charge is 0.338 e. The molecule has 2 atom stereocenters. The van der Waals surface area contributed by atoms with Gasteiger partial charge in [0.15, 0.2) is 12.4 Å². The van der Waals surface area contributed by atoms with Crippen molar-refractivity contribution >= 4 is 5.97 Å². The van der Waals surface area contributed by atoms with Gasteiger partial charge in [0.1, 0.15) is 0 Å². The van der Waals surface area contributed by atoms with Gasteiger partial charge in [0.25, 0.3) is 0 Å². The zero-order chi connectivity index (χ0) is 11.4. The van der Waals surface area contributed by atoms with Gasteiger partial charge in [-0.2, -0.15) is 0 Å². The van der Waals surface area contributed by atoms with Crippen molar-refractivity contribution in [3.05, 3.63) is 35.9 Å². The summed E-state index contributed by atoms with van der Waals surface area (Å²) in [7, 11) is 0. The Kier molecular flexibility index (Phi) is 3.54. The maximum atomic E-state index is 11.7. The summed E-state index contributed by atoms with van der Waals surface area (Å²) in [6.45, 7) is 0.514. The molecule has 0 spiro atoms. The molecule has 1 aliphatic heterocycles. The highest BCUT2D eigenvalue weighted by Gasteiger charge is 2.27. The molecule has 1 aromatic rings. The number of aliphatic hydroxyl groups excluding tert-OH is 1. The highest BCUT2D eigenvalue weighted by molar-refractivity contribution is 5.89. The van der Waals surface area contributed by atoms with Crippen LogP contribution in [0.25, 0.3) is 0 Å². The number of rotatable bonds is 2. The first-order valence-electron chi connectivity index (χ1n) is 5.33. The van der Waals surface area contributed by atoms with E-state index in [-0.39, 0.29) is 0 Å². The molecule has 0 radical (unpaired) electrons.